The molecule has 1 heterocycles. The second-order valence-corrected chi connectivity index (χ2v) is 7.38. The Hall–Kier alpha value is -1.99. The Morgan fingerprint density at radius 2 is 1.96 bits per heavy atom. The molecule has 1 atom stereocenters. The zero-order chi connectivity index (χ0) is 17.5. The number of aliphatic hydroxyl groups excluding tert-OH is 1. The van der Waals surface area contributed by atoms with E-state index in [1.54, 1.807) is 18.2 Å². The van der Waals surface area contributed by atoms with Gasteiger partial charge in [-0.1, -0.05) is 0 Å². The number of hydrogen-bond donors (Lipinski definition) is 3. The number of rotatable bonds is 4. The van der Waals surface area contributed by atoms with Crippen LogP contribution in [0, 0.1) is 0 Å². The first-order valence-corrected chi connectivity index (χ1v) is 8.79. The third kappa shape index (κ3) is 3.14. The van der Waals surface area contributed by atoms with Crippen LogP contribution in [0.25, 0.3) is 0 Å². The second-order valence-electron chi connectivity index (χ2n) is 7.38. The van der Waals surface area contributed by atoms with Crippen molar-refractivity contribution in [2.75, 3.05) is 19.8 Å². The highest BCUT2D eigenvalue weighted by molar-refractivity contribution is 5.78. The maximum atomic E-state index is 12.3. The number of hydrogen-bond acceptors (Lipinski definition) is 6. The lowest BCUT2D eigenvalue weighted by Crippen LogP contribution is -2.68. The number of aliphatic hydroxyl groups is 1. The molecule has 25 heavy (non-hydrogen) atoms. The zero-order valence-corrected chi connectivity index (χ0v) is 14.1. The van der Waals surface area contributed by atoms with Gasteiger partial charge in [0.2, 0.25) is 0 Å². The molecule has 7 heteroatoms. The van der Waals surface area contributed by atoms with Crippen LogP contribution in [-0.4, -0.2) is 48.0 Å². The monoisotopic (exact) mass is 348 g/mol. The molecule has 1 amide bonds. The molecule has 0 unspecified atom stereocenters. The van der Waals surface area contributed by atoms with E-state index in [0.29, 0.717) is 36.9 Å². The Kier molecular flexibility index (Phi) is 4.00. The highest BCUT2D eigenvalue weighted by Crippen LogP contribution is 2.45. The molecule has 7 nitrogen and oxygen atoms in total. The van der Waals surface area contributed by atoms with Crippen LogP contribution in [0.2, 0.25) is 0 Å². The Labute approximate surface area is 146 Å². The molecule has 1 aromatic carbocycles. The van der Waals surface area contributed by atoms with Gasteiger partial charge in [-0.25, -0.2) is 0 Å². The van der Waals surface area contributed by atoms with Crippen LogP contribution in [0.15, 0.2) is 18.2 Å². The van der Waals surface area contributed by atoms with E-state index in [0.717, 1.165) is 25.7 Å². The molecular formula is C18H24N2O5. The molecule has 5 rings (SSSR count). The lowest BCUT2D eigenvalue weighted by atomic mass is 9.60. The van der Waals surface area contributed by atoms with E-state index in [1.165, 1.54) is 0 Å². The average molecular weight is 348 g/mol. The molecule has 3 saturated carbocycles. The van der Waals surface area contributed by atoms with E-state index in [1.807, 2.05) is 0 Å². The molecule has 4 aliphatic rings. The quantitative estimate of drug-likeness (QED) is 0.741. The maximum absolute atomic E-state index is 12.3. The molecule has 2 bridgehead atoms. The molecule has 1 aromatic rings. The fourth-order valence-corrected chi connectivity index (χ4v) is 4.07. The normalized spacial score (nSPS) is 33.0. The van der Waals surface area contributed by atoms with E-state index in [9.17, 15) is 9.90 Å². The molecule has 3 fully saturated rings. The fraction of sp³-hybridized carbons (Fsp3) is 0.611. The molecule has 4 N–H and O–H groups in total. The Morgan fingerprint density at radius 1 is 1.24 bits per heavy atom. The van der Waals surface area contributed by atoms with Crippen LogP contribution in [-0.2, 0) is 4.79 Å². The third-order valence-electron chi connectivity index (χ3n) is 5.67. The van der Waals surface area contributed by atoms with Crippen LogP contribution in [0.4, 0.5) is 0 Å². The van der Waals surface area contributed by atoms with Gasteiger partial charge in [0, 0.05) is 17.1 Å². The van der Waals surface area contributed by atoms with Gasteiger partial charge in [-0.2, -0.15) is 0 Å². The summed E-state index contributed by atoms with van der Waals surface area (Å²) in [4.78, 5) is 12.3. The van der Waals surface area contributed by atoms with Crippen molar-refractivity contribution < 1.29 is 24.1 Å². The van der Waals surface area contributed by atoms with Crippen molar-refractivity contribution in [2.24, 2.45) is 5.73 Å². The number of nitrogens with two attached hydrogens (primary N) is 1. The van der Waals surface area contributed by atoms with Crippen LogP contribution in [0.5, 0.6) is 17.2 Å². The van der Waals surface area contributed by atoms with Crippen LogP contribution < -0.4 is 25.3 Å². The van der Waals surface area contributed by atoms with Gasteiger partial charge < -0.3 is 30.4 Å². The van der Waals surface area contributed by atoms with Gasteiger partial charge in [0.05, 0.1) is 6.10 Å². The predicted molar refractivity (Wildman–Crippen MR) is 89.8 cm³/mol. The van der Waals surface area contributed by atoms with Crippen LogP contribution in [0.1, 0.15) is 32.1 Å². The lowest BCUT2D eigenvalue weighted by Gasteiger charge is -2.54. The topological polar surface area (TPSA) is 103 Å². The highest BCUT2D eigenvalue weighted by atomic mass is 16.6. The number of ether oxygens (including phenoxy) is 3. The number of carbonyl (C=O) groups is 1. The van der Waals surface area contributed by atoms with E-state index in [2.05, 4.69) is 5.32 Å². The second kappa shape index (κ2) is 6.07. The first kappa shape index (κ1) is 16.5. The van der Waals surface area contributed by atoms with Gasteiger partial charge in [0.15, 0.2) is 18.1 Å². The first-order valence-electron chi connectivity index (χ1n) is 8.79. The minimum Gasteiger partial charge on any atom is -0.486 e. The van der Waals surface area contributed by atoms with Crippen molar-refractivity contribution >= 4 is 5.91 Å². The van der Waals surface area contributed by atoms with Crippen molar-refractivity contribution in [1.82, 2.24) is 5.32 Å². The van der Waals surface area contributed by atoms with Crippen LogP contribution >= 0.6 is 0 Å². The Morgan fingerprint density at radius 3 is 2.68 bits per heavy atom. The number of carbonyl (C=O) groups excluding carboxylic acids is 1. The minimum absolute atomic E-state index is 0.0781. The van der Waals surface area contributed by atoms with Gasteiger partial charge >= 0.3 is 0 Å². The van der Waals surface area contributed by atoms with Crippen LogP contribution in [0.3, 0.4) is 0 Å². The van der Waals surface area contributed by atoms with Gasteiger partial charge in [0.1, 0.15) is 19.0 Å². The van der Waals surface area contributed by atoms with E-state index in [-0.39, 0.29) is 18.1 Å². The summed E-state index contributed by atoms with van der Waals surface area (Å²) in [7, 11) is 0. The lowest BCUT2D eigenvalue weighted by molar-refractivity contribution is -0.128. The summed E-state index contributed by atoms with van der Waals surface area (Å²) in [6.07, 6.45) is 3.02. The molecule has 136 valence electrons. The average Bonchev–Trinajstić information content (AvgIpc) is 2.62. The van der Waals surface area contributed by atoms with Crippen molar-refractivity contribution in [1.29, 1.82) is 0 Å². The maximum Gasteiger partial charge on any atom is 0.258 e. The minimum atomic E-state index is -0.561. The molecule has 0 saturated heterocycles. The van der Waals surface area contributed by atoms with Gasteiger partial charge in [-0.3, -0.25) is 4.79 Å². The SMILES string of the molecule is NC12CCC(NC(=O)COc3ccc4c(c3)OCCO4)(CC1)C[C@@H]2O. The van der Waals surface area contributed by atoms with Crippen molar-refractivity contribution in [3.05, 3.63) is 18.2 Å². The van der Waals surface area contributed by atoms with Crippen molar-refractivity contribution in [3.8, 4) is 17.2 Å². The molecule has 0 radical (unpaired) electrons. The number of amides is 1. The van der Waals surface area contributed by atoms with Crippen molar-refractivity contribution in [3.63, 3.8) is 0 Å². The number of nitrogens with one attached hydrogen (secondary N) is 1. The van der Waals surface area contributed by atoms with Gasteiger partial charge in [0.25, 0.3) is 5.91 Å². The first-order chi connectivity index (χ1) is 12.0. The summed E-state index contributed by atoms with van der Waals surface area (Å²) in [6.45, 7) is 0.962. The summed E-state index contributed by atoms with van der Waals surface area (Å²) in [5, 5.41) is 13.3. The molecular weight excluding hydrogens is 324 g/mol. The molecule has 0 aromatic heterocycles. The summed E-state index contributed by atoms with van der Waals surface area (Å²) in [5.41, 5.74) is 5.38. The molecule has 3 aliphatic carbocycles. The zero-order valence-electron chi connectivity index (χ0n) is 14.1. The Balaban J connectivity index is 1.34. The van der Waals surface area contributed by atoms with Gasteiger partial charge in [-0.15, -0.1) is 0 Å². The summed E-state index contributed by atoms with van der Waals surface area (Å²) in [6, 6.07) is 5.26. The summed E-state index contributed by atoms with van der Waals surface area (Å²) >= 11 is 0. The predicted octanol–water partition coefficient (Wildman–Crippen LogP) is 0.728. The third-order valence-corrected chi connectivity index (χ3v) is 5.67. The summed E-state index contributed by atoms with van der Waals surface area (Å²) < 4.78 is 16.6. The van der Waals surface area contributed by atoms with Crippen molar-refractivity contribution in [2.45, 2.75) is 49.3 Å². The Bertz CT molecular complexity index is 669. The van der Waals surface area contributed by atoms with E-state index in [4.69, 9.17) is 19.9 Å². The molecule has 1 aliphatic heterocycles. The highest BCUT2D eigenvalue weighted by Gasteiger charge is 2.52. The number of fused-ring (bicyclic) bond motifs is 4. The fourth-order valence-electron chi connectivity index (χ4n) is 4.07. The van der Waals surface area contributed by atoms with Gasteiger partial charge in [-0.05, 0) is 44.2 Å². The molecule has 0 spiro atoms. The standard InChI is InChI=1S/C18H24N2O5/c19-18-5-3-17(4-6-18,10-15(18)21)20-16(22)11-25-12-1-2-13-14(9-12)24-8-7-23-13/h1-2,9,15,21H,3-8,10-11,19H2,(H,20,22)/t15-,17?,18?/m0/s1. The number of benzene rings is 1. The summed E-state index contributed by atoms with van der Waals surface area (Å²) in [5.74, 6) is 1.69. The van der Waals surface area contributed by atoms with E-state index < -0.39 is 11.6 Å². The largest absolute Gasteiger partial charge is 0.486 e. The smallest absolute Gasteiger partial charge is 0.258 e. The van der Waals surface area contributed by atoms with E-state index >= 15 is 0 Å².